The molecule has 0 amide bonds. The van der Waals surface area contributed by atoms with Crippen molar-refractivity contribution in [2.24, 2.45) is 10.1 Å². The first-order valence-electron chi connectivity index (χ1n) is 9.43. The first kappa shape index (κ1) is 20.6. The van der Waals surface area contributed by atoms with E-state index in [0.717, 1.165) is 45.8 Å². The monoisotopic (exact) mass is 443 g/mol. The number of fused-ring (bicyclic) bond motifs is 1. The predicted molar refractivity (Wildman–Crippen MR) is 122 cm³/mol. The van der Waals surface area contributed by atoms with Crippen molar-refractivity contribution < 1.29 is 12.8 Å². The molecular formula is C21H21N3O4S2. The second-order valence-corrected chi connectivity index (χ2v) is 9.49. The van der Waals surface area contributed by atoms with Gasteiger partial charge in [-0.05, 0) is 42.7 Å². The summed E-state index contributed by atoms with van der Waals surface area (Å²) in [6.45, 7) is 2.72. The summed E-state index contributed by atoms with van der Waals surface area (Å²) in [5.41, 5.74) is 3.58. The van der Waals surface area contributed by atoms with Gasteiger partial charge in [0.05, 0.1) is 10.7 Å². The molecule has 0 bridgehead atoms. The number of nitrogens with one attached hydrogen (secondary N) is 1. The number of anilines is 1. The maximum atomic E-state index is 12.7. The molecule has 0 saturated heterocycles. The first-order chi connectivity index (χ1) is 14.3. The van der Waals surface area contributed by atoms with Gasteiger partial charge < -0.3 is 4.42 Å². The van der Waals surface area contributed by atoms with Crippen molar-refractivity contribution in [1.29, 1.82) is 0 Å². The molecular weight excluding hydrogens is 422 g/mol. The average molecular weight is 444 g/mol. The Morgan fingerprint density at radius 3 is 2.80 bits per heavy atom. The molecule has 1 aromatic heterocycles. The first-order valence-corrected chi connectivity index (χ1v) is 12.0. The molecule has 7 nitrogen and oxygen atoms in total. The summed E-state index contributed by atoms with van der Waals surface area (Å²) in [5, 5.41) is 6.88. The molecule has 30 heavy (non-hydrogen) atoms. The summed E-state index contributed by atoms with van der Waals surface area (Å²) in [5.74, 6) is 1.04. The Morgan fingerprint density at radius 1 is 1.23 bits per heavy atom. The third-order valence-electron chi connectivity index (χ3n) is 4.90. The predicted octanol–water partition coefficient (Wildman–Crippen LogP) is 3.19. The lowest BCUT2D eigenvalue weighted by Gasteiger charge is -2.13. The Balaban J connectivity index is 1.69. The molecule has 0 spiro atoms. The molecule has 0 fully saturated rings. The van der Waals surface area contributed by atoms with E-state index in [9.17, 15) is 13.2 Å². The van der Waals surface area contributed by atoms with Gasteiger partial charge in [-0.25, -0.2) is 9.93 Å². The number of thioether (sulfide) groups is 1. The van der Waals surface area contributed by atoms with Crippen LogP contribution in [0.4, 0.5) is 5.69 Å². The zero-order valence-corrected chi connectivity index (χ0v) is 18.0. The standard InChI is InChI=1S/C21H21N3O4S2/c1-13-17-7-6-15(20-23-8-3-9-29-20)12-19(17)28-21(25)18(13)11-14-4-2-5-16(10-14)24-30(22,26)27/h2,4-7,10,12,24H,3,8-9,11H2,1H3,(H2,22,26,27). The molecule has 2 heterocycles. The third-order valence-corrected chi connectivity index (χ3v) is 6.55. The van der Waals surface area contributed by atoms with Gasteiger partial charge in [0.2, 0.25) is 0 Å². The van der Waals surface area contributed by atoms with Crippen molar-refractivity contribution in [3.63, 3.8) is 0 Å². The van der Waals surface area contributed by atoms with Crippen LogP contribution < -0.4 is 15.5 Å². The Kier molecular flexibility index (Phi) is 5.68. The molecule has 1 aliphatic heterocycles. The van der Waals surface area contributed by atoms with Crippen LogP contribution >= 0.6 is 11.8 Å². The lowest BCUT2D eigenvalue weighted by atomic mass is 9.99. The molecule has 3 N–H and O–H groups in total. The van der Waals surface area contributed by atoms with Gasteiger partial charge in [-0.15, -0.1) is 11.8 Å². The topological polar surface area (TPSA) is 115 Å². The number of hydrogen-bond donors (Lipinski definition) is 2. The largest absolute Gasteiger partial charge is 0.422 e. The van der Waals surface area contributed by atoms with Crippen LogP contribution in [0.25, 0.3) is 11.0 Å². The molecule has 0 radical (unpaired) electrons. The van der Waals surface area contributed by atoms with Crippen LogP contribution in [0.2, 0.25) is 0 Å². The molecule has 4 rings (SSSR count). The highest BCUT2D eigenvalue weighted by molar-refractivity contribution is 8.14. The van der Waals surface area contributed by atoms with E-state index >= 15 is 0 Å². The Hall–Kier alpha value is -2.62. The summed E-state index contributed by atoms with van der Waals surface area (Å²) in [4.78, 5) is 17.3. The van der Waals surface area contributed by atoms with Crippen LogP contribution in [-0.4, -0.2) is 25.8 Å². The van der Waals surface area contributed by atoms with E-state index < -0.39 is 15.8 Å². The van der Waals surface area contributed by atoms with Crippen LogP contribution in [0.15, 0.2) is 56.7 Å². The Morgan fingerprint density at radius 2 is 2.07 bits per heavy atom. The van der Waals surface area contributed by atoms with Crippen molar-refractivity contribution >= 4 is 43.7 Å². The summed E-state index contributed by atoms with van der Waals surface area (Å²) >= 11 is 1.72. The number of aryl methyl sites for hydroxylation is 1. The fraction of sp³-hybridized carbons (Fsp3) is 0.238. The molecule has 1 aliphatic rings. The Bertz CT molecular complexity index is 1310. The van der Waals surface area contributed by atoms with Gasteiger partial charge in [-0.3, -0.25) is 9.71 Å². The number of nitrogens with two attached hydrogens (primary N) is 1. The second-order valence-electron chi connectivity index (χ2n) is 7.12. The molecule has 2 aromatic carbocycles. The SMILES string of the molecule is Cc1c(Cc2cccc(NS(N)(=O)=O)c2)c(=O)oc2cc(C3=NCCCS3)ccc12. The lowest BCUT2D eigenvalue weighted by Crippen LogP contribution is -2.21. The smallest absolute Gasteiger partial charge is 0.340 e. The highest BCUT2D eigenvalue weighted by Crippen LogP contribution is 2.26. The second kappa shape index (κ2) is 8.25. The van der Waals surface area contributed by atoms with E-state index in [4.69, 9.17) is 9.56 Å². The van der Waals surface area contributed by atoms with E-state index in [1.807, 2.05) is 31.2 Å². The van der Waals surface area contributed by atoms with E-state index in [0.29, 0.717) is 23.3 Å². The van der Waals surface area contributed by atoms with Gasteiger partial charge in [0, 0.05) is 35.2 Å². The van der Waals surface area contributed by atoms with Gasteiger partial charge >= 0.3 is 5.63 Å². The van der Waals surface area contributed by atoms with Crippen molar-refractivity contribution in [1.82, 2.24) is 0 Å². The number of aliphatic imine (C=N–C) groups is 1. The maximum Gasteiger partial charge on any atom is 0.340 e. The lowest BCUT2D eigenvalue weighted by molar-refractivity contribution is 0.551. The fourth-order valence-corrected chi connectivity index (χ4v) is 4.88. The quantitative estimate of drug-likeness (QED) is 0.588. The zero-order valence-electron chi connectivity index (χ0n) is 16.3. The van der Waals surface area contributed by atoms with Gasteiger partial charge in [-0.2, -0.15) is 8.42 Å². The number of benzene rings is 2. The van der Waals surface area contributed by atoms with Crippen LogP contribution in [-0.2, 0) is 16.6 Å². The summed E-state index contributed by atoms with van der Waals surface area (Å²) in [7, 11) is -3.87. The minimum absolute atomic E-state index is 0.314. The summed E-state index contributed by atoms with van der Waals surface area (Å²) < 4.78 is 30.4. The van der Waals surface area contributed by atoms with Gasteiger partial charge in [0.15, 0.2) is 0 Å². The molecule has 0 unspecified atom stereocenters. The third kappa shape index (κ3) is 4.58. The molecule has 9 heteroatoms. The summed E-state index contributed by atoms with van der Waals surface area (Å²) in [6, 6.07) is 12.6. The van der Waals surface area contributed by atoms with Crippen LogP contribution in [0, 0.1) is 6.92 Å². The van der Waals surface area contributed by atoms with E-state index in [2.05, 4.69) is 9.71 Å². The van der Waals surface area contributed by atoms with Crippen molar-refractivity contribution in [2.45, 2.75) is 19.8 Å². The van der Waals surface area contributed by atoms with Gasteiger partial charge in [0.25, 0.3) is 10.2 Å². The van der Waals surface area contributed by atoms with E-state index in [1.165, 1.54) is 0 Å². The molecule has 3 aromatic rings. The molecule has 156 valence electrons. The maximum absolute atomic E-state index is 12.7. The van der Waals surface area contributed by atoms with E-state index in [1.54, 1.807) is 30.0 Å². The van der Waals surface area contributed by atoms with Crippen molar-refractivity contribution in [2.75, 3.05) is 17.0 Å². The number of nitrogens with zero attached hydrogens (tertiary/aromatic N) is 1. The molecule has 0 atom stereocenters. The van der Waals surface area contributed by atoms with Crippen LogP contribution in [0.3, 0.4) is 0 Å². The average Bonchev–Trinajstić information content (AvgIpc) is 2.70. The highest BCUT2D eigenvalue weighted by Gasteiger charge is 2.15. The van der Waals surface area contributed by atoms with Crippen LogP contribution in [0.1, 0.15) is 28.7 Å². The van der Waals surface area contributed by atoms with Gasteiger partial charge in [-0.1, -0.05) is 24.3 Å². The van der Waals surface area contributed by atoms with E-state index in [-0.39, 0.29) is 0 Å². The van der Waals surface area contributed by atoms with Crippen molar-refractivity contribution in [3.8, 4) is 0 Å². The normalized spacial score (nSPS) is 14.5. The number of hydrogen-bond acceptors (Lipinski definition) is 6. The van der Waals surface area contributed by atoms with Crippen LogP contribution in [0.5, 0.6) is 0 Å². The molecule has 0 aliphatic carbocycles. The van der Waals surface area contributed by atoms with Gasteiger partial charge in [0.1, 0.15) is 5.58 Å². The fourth-order valence-electron chi connectivity index (χ4n) is 3.48. The summed E-state index contributed by atoms with van der Waals surface area (Å²) in [6.07, 6.45) is 1.39. The highest BCUT2D eigenvalue weighted by atomic mass is 32.2. The molecule has 0 saturated carbocycles. The minimum atomic E-state index is -3.87. The number of rotatable bonds is 5. The zero-order chi connectivity index (χ0) is 21.3. The Labute approximate surface area is 178 Å². The van der Waals surface area contributed by atoms with Crippen molar-refractivity contribution in [3.05, 3.63) is 75.1 Å². The minimum Gasteiger partial charge on any atom is -0.422 e.